The maximum Gasteiger partial charge on any atom is 0.230 e. The van der Waals surface area contributed by atoms with Crippen LogP contribution in [-0.2, 0) is 4.79 Å². The lowest BCUT2D eigenvalue weighted by Crippen LogP contribution is -2.49. The van der Waals surface area contributed by atoms with Crippen LogP contribution in [0.15, 0.2) is 23.7 Å². The molecule has 1 N–H and O–H groups in total. The molecule has 3 fully saturated rings. The van der Waals surface area contributed by atoms with Crippen molar-refractivity contribution >= 4 is 5.91 Å². The fourth-order valence-electron chi connectivity index (χ4n) is 5.10. The number of piperidine rings is 1. The lowest BCUT2D eigenvalue weighted by atomic mass is 9.78. The molecular formula is C20H28FN2O2. The Morgan fingerprint density at radius 1 is 1.16 bits per heavy atom. The summed E-state index contributed by atoms with van der Waals surface area (Å²) in [5.41, 5.74) is 0.338. The van der Waals surface area contributed by atoms with E-state index in [1.807, 2.05) is 12.5 Å². The van der Waals surface area contributed by atoms with Crippen LogP contribution in [0, 0.1) is 11.8 Å². The van der Waals surface area contributed by atoms with Crippen LogP contribution in [0.1, 0.15) is 51.4 Å². The van der Waals surface area contributed by atoms with Crippen LogP contribution in [0.4, 0.5) is 4.39 Å². The molecule has 0 aromatic rings. The topological polar surface area (TPSA) is 43.8 Å². The molecule has 0 bridgehead atoms. The van der Waals surface area contributed by atoms with Crippen molar-refractivity contribution in [2.24, 2.45) is 5.41 Å². The van der Waals surface area contributed by atoms with Crippen LogP contribution in [0.2, 0.25) is 0 Å². The molecule has 2 heterocycles. The number of hydrogen-bond donors (Lipinski definition) is 1. The highest BCUT2D eigenvalue weighted by Gasteiger charge is 2.51. The van der Waals surface area contributed by atoms with Gasteiger partial charge in [-0.05, 0) is 63.9 Å². The van der Waals surface area contributed by atoms with E-state index in [-0.39, 0.29) is 29.3 Å². The minimum atomic E-state index is -0.337. The Labute approximate surface area is 149 Å². The van der Waals surface area contributed by atoms with Crippen molar-refractivity contribution in [2.75, 3.05) is 19.6 Å². The molecule has 1 amide bonds. The second-order valence-electron chi connectivity index (χ2n) is 8.09. The minimum Gasteiger partial charge on any atom is -0.393 e. The summed E-state index contributed by atoms with van der Waals surface area (Å²) < 4.78 is 14.2. The normalized spacial score (nSPS) is 36.6. The molecule has 1 radical (unpaired) electrons. The zero-order valence-electron chi connectivity index (χ0n) is 14.8. The van der Waals surface area contributed by atoms with Gasteiger partial charge in [-0.3, -0.25) is 4.79 Å². The van der Waals surface area contributed by atoms with Crippen molar-refractivity contribution < 1.29 is 14.3 Å². The van der Waals surface area contributed by atoms with E-state index >= 15 is 0 Å². The summed E-state index contributed by atoms with van der Waals surface area (Å²) in [7, 11) is 0. The molecule has 4 nitrogen and oxygen atoms in total. The first-order valence-corrected chi connectivity index (χ1v) is 9.73. The molecule has 5 heteroatoms. The molecule has 0 aromatic carbocycles. The Morgan fingerprint density at radius 3 is 2.72 bits per heavy atom. The van der Waals surface area contributed by atoms with E-state index in [4.69, 9.17) is 0 Å². The van der Waals surface area contributed by atoms with Crippen molar-refractivity contribution in [3.63, 3.8) is 0 Å². The highest BCUT2D eigenvalue weighted by Crippen LogP contribution is 2.44. The van der Waals surface area contributed by atoms with Crippen molar-refractivity contribution in [2.45, 2.75) is 63.5 Å². The van der Waals surface area contributed by atoms with Gasteiger partial charge in [0.15, 0.2) is 0 Å². The average molecular weight is 347 g/mol. The van der Waals surface area contributed by atoms with Gasteiger partial charge in [0.05, 0.1) is 17.2 Å². The zero-order chi connectivity index (χ0) is 17.4. The summed E-state index contributed by atoms with van der Waals surface area (Å²) in [4.78, 5) is 17.4. The van der Waals surface area contributed by atoms with E-state index in [2.05, 4.69) is 9.80 Å². The number of carbonyl (C=O) groups is 1. The maximum atomic E-state index is 14.2. The fourth-order valence-corrected chi connectivity index (χ4v) is 5.10. The molecule has 4 aliphatic rings. The molecule has 1 spiro atoms. The quantitative estimate of drug-likeness (QED) is 0.835. The molecule has 1 unspecified atom stereocenters. The second kappa shape index (κ2) is 6.75. The molecule has 4 rings (SSSR count). The van der Waals surface area contributed by atoms with Gasteiger partial charge in [-0.15, -0.1) is 0 Å². The summed E-state index contributed by atoms with van der Waals surface area (Å²) in [5.74, 6) is 0.0952. The van der Waals surface area contributed by atoms with Crippen molar-refractivity contribution in [3.05, 3.63) is 30.1 Å². The number of nitrogens with zero attached hydrogens (tertiary/aromatic N) is 2. The van der Waals surface area contributed by atoms with Crippen LogP contribution in [0.25, 0.3) is 0 Å². The van der Waals surface area contributed by atoms with Crippen LogP contribution in [0.5, 0.6) is 0 Å². The Bertz CT molecular complexity index is 595. The largest absolute Gasteiger partial charge is 0.393 e. The molecule has 2 aliphatic carbocycles. The van der Waals surface area contributed by atoms with E-state index in [1.54, 1.807) is 6.08 Å². The third kappa shape index (κ3) is 3.12. The average Bonchev–Trinajstić information content (AvgIpc) is 2.92. The molecule has 1 saturated carbocycles. The Kier molecular flexibility index (Phi) is 4.61. The van der Waals surface area contributed by atoms with Gasteiger partial charge < -0.3 is 14.9 Å². The summed E-state index contributed by atoms with van der Waals surface area (Å²) in [6.45, 7) is 2.29. The monoisotopic (exact) mass is 347 g/mol. The Balaban J connectivity index is 1.47. The Morgan fingerprint density at radius 2 is 1.96 bits per heavy atom. The number of aliphatic hydroxyl groups excluding tert-OH is 1. The zero-order valence-corrected chi connectivity index (χ0v) is 14.8. The molecule has 2 aliphatic heterocycles. The van der Waals surface area contributed by atoms with Crippen LogP contribution < -0.4 is 0 Å². The first kappa shape index (κ1) is 17.1. The predicted octanol–water partition coefficient (Wildman–Crippen LogP) is 2.95. The summed E-state index contributed by atoms with van der Waals surface area (Å²) in [6.07, 6.45) is 12.0. The number of rotatable bonds is 2. The molecule has 2 saturated heterocycles. The highest BCUT2D eigenvalue weighted by molar-refractivity contribution is 5.85. The standard InChI is InChI=1S/C20H28FN2O2/c21-17-4-1-2-5-18(17)22-12-3-10-20(14-22)11-13-23(19(20)25)15-6-8-16(24)9-7-15/h1,4-5,15-16,24H,2-3,6-14H2/t15-,16-,20?. The van der Waals surface area contributed by atoms with E-state index < -0.39 is 0 Å². The smallest absolute Gasteiger partial charge is 0.230 e. The number of halogens is 1. The number of carbonyl (C=O) groups excluding carboxylic acids is 1. The summed E-state index contributed by atoms with van der Waals surface area (Å²) >= 11 is 0. The van der Waals surface area contributed by atoms with Crippen LogP contribution in [-0.4, -0.2) is 52.6 Å². The van der Waals surface area contributed by atoms with Gasteiger partial charge in [0.1, 0.15) is 5.83 Å². The van der Waals surface area contributed by atoms with Gasteiger partial charge in [-0.25, -0.2) is 4.39 Å². The summed E-state index contributed by atoms with van der Waals surface area (Å²) in [6, 6.07) is 0.283. The molecular weight excluding hydrogens is 319 g/mol. The molecule has 25 heavy (non-hydrogen) atoms. The van der Waals surface area contributed by atoms with E-state index in [0.717, 1.165) is 64.5 Å². The summed E-state index contributed by atoms with van der Waals surface area (Å²) in [5, 5.41) is 9.72. The first-order chi connectivity index (χ1) is 12.1. The van der Waals surface area contributed by atoms with E-state index in [9.17, 15) is 14.3 Å². The lowest BCUT2D eigenvalue weighted by molar-refractivity contribution is -0.141. The molecule has 0 aromatic heterocycles. The van der Waals surface area contributed by atoms with Gasteiger partial charge >= 0.3 is 0 Å². The van der Waals surface area contributed by atoms with Gasteiger partial charge in [0, 0.05) is 25.7 Å². The van der Waals surface area contributed by atoms with Crippen LogP contribution >= 0.6 is 0 Å². The number of likely N-dealkylation sites (tertiary alicyclic amines) is 2. The number of amides is 1. The fraction of sp³-hybridized carbons (Fsp3) is 0.700. The number of hydrogen-bond acceptors (Lipinski definition) is 3. The number of aliphatic hydroxyl groups is 1. The maximum absolute atomic E-state index is 14.2. The molecule has 137 valence electrons. The third-order valence-electron chi connectivity index (χ3n) is 6.53. The van der Waals surface area contributed by atoms with E-state index in [0.29, 0.717) is 12.2 Å². The van der Waals surface area contributed by atoms with Gasteiger partial charge in [-0.2, -0.15) is 0 Å². The van der Waals surface area contributed by atoms with Crippen LogP contribution in [0.3, 0.4) is 0 Å². The Hall–Kier alpha value is -1.36. The van der Waals surface area contributed by atoms with Gasteiger partial charge in [0.25, 0.3) is 0 Å². The van der Waals surface area contributed by atoms with Crippen molar-refractivity contribution in [3.8, 4) is 0 Å². The minimum absolute atomic E-state index is 0.174. The molecule has 1 atom stereocenters. The third-order valence-corrected chi connectivity index (χ3v) is 6.53. The second-order valence-corrected chi connectivity index (χ2v) is 8.09. The first-order valence-electron chi connectivity index (χ1n) is 9.73. The highest BCUT2D eigenvalue weighted by atomic mass is 19.1. The number of allylic oxidation sites excluding steroid dienone is 3. The van der Waals surface area contributed by atoms with Crippen molar-refractivity contribution in [1.82, 2.24) is 9.80 Å². The predicted molar refractivity (Wildman–Crippen MR) is 94.0 cm³/mol. The van der Waals surface area contributed by atoms with E-state index in [1.165, 1.54) is 0 Å². The lowest BCUT2D eigenvalue weighted by Gasteiger charge is -2.42. The van der Waals surface area contributed by atoms with Gasteiger partial charge in [-0.1, -0.05) is 6.08 Å². The van der Waals surface area contributed by atoms with Crippen molar-refractivity contribution in [1.29, 1.82) is 0 Å². The van der Waals surface area contributed by atoms with Gasteiger partial charge in [0.2, 0.25) is 5.91 Å². The SMILES string of the molecule is O=C1N([C@H]2CC[C@H](O)CC2)CCC12CCCN(C1=CC[CH]C=C1F)C2.